The number of carboxylic acid groups (broad SMARTS) is 1. The summed E-state index contributed by atoms with van der Waals surface area (Å²) in [5.74, 6) is -1.59. The number of nitrogens with zero attached hydrogens (tertiary/aromatic N) is 2. The lowest BCUT2D eigenvalue weighted by Crippen LogP contribution is -2.40. The Hall–Kier alpha value is -2.63. The summed E-state index contributed by atoms with van der Waals surface area (Å²) in [6, 6.07) is 9.83. The zero-order chi connectivity index (χ0) is 14.7. The molecular formula is C14H14N2O4. The average molecular weight is 274 g/mol. The third-order valence-electron chi connectivity index (χ3n) is 3.05. The van der Waals surface area contributed by atoms with Crippen molar-refractivity contribution in [3.63, 3.8) is 0 Å². The van der Waals surface area contributed by atoms with Gasteiger partial charge in [0.1, 0.15) is 11.7 Å². The van der Waals surface area contributed by atoms with E-state index in [4.69, 9.17) is 9.63 Å². The van der Waals surface area contributed by atoms with Crippen LogP contribution in [0.15, 0.2) is 40.9 Å². The van der Waals surface area contributed by atoms with Crippen molar-refractivity contribution in [1.29, 1.82) is 0 Å². The van der Waals surface area contributed by atoms with E-state index in [9.17, 15) is 9.59 Å². The molecule has 6 nitrogen and oxygen atoms in total. The van der Waals surface area contributed by atoms with Gasteiger partial charge in [0, 0.05) is 18.7 Å². The summed E-state index contributed by atoms with van der Waals surface area (Å²) in [6.07, 6.45) is 0. The van der Waals surface area contributed by atoms with Crippen molar-refractivity contribution in [2.45, 2.75) is 13.0 Å². The molecule has 1 aromatic heterocycles. The fraction of sp³-hybridized carbons (Fsp3) is 0.214. The van der Waals surface area contributed by atoms with Crippen LogP contribution in [0.4, 0.5) is 0 Å². The maximum absolute atomic E-state index is 12.1. The molecule has 0 fully saturated rings. The molecular weight excluding hydrogens is 260 g/mol. The van der Waals surface area contributed by atoms with Crippen molar-refractivity contribution in [3.8, 4) is 11.3 Å². The molecule has 0 saturated carbocycles. The molecule has 1 atom stereocenters. The Morgan fingerprint density at radius 2 is 1.95 bits per heavy atom. The monoisotopic (exact) mass is 274 g/mol. The fourth-order valence-electron chi connectivity index (χ4n) is 1.64. The molecule has 0 spiro atoms. The van der Waals surface area contributed by atoms with Gasteiger partial charge in [0.05, 0.1) is 0 Å². The summed E-state index contributed by atoms with van der Waals surface area (Å²) in [4.78, 5) is 24.0. The van der Waals surface area contributed by atoms with E-state index >= 15 is 0 Å². The standard InChI is InChI=1S/C14H14N2O4/c1-9(14(18)19)16(2)13(17)12-8-11(15-20-12)10-6-4-3-5-7-10/h3-9H,1-2H3,(H,18,19). The number of benzene rings is 1. The maximum atomic E-state index is 12.1. The number of aliphatic carboxylic acids is 1. The van der Waals surface area contributed by atoms with Crippen LogP contribution >= 0.6 is 0 Å². The minimum Gasteiger partial charge on any atom is -0.480 e. The topological polar surface area (TPSA) is 83.6 Å². The number of carbonyl (C=O) groups is 2. The molecule has 0 bridgehead atoms. The minimum atomic E-state index is -1.08. The predicted molar refractivity (Wildman–Crippen MR) is 71.1 cm³/mol. The molecule has 0 aliphatic rings. The summed E-state index contributed by atoms with van der Waals surface area (Å²) in [5.41, 5.74) is 1.36. The Bertz CT molecular complexity index is 621. The molecule has 0 saturated heterocycles. The third kappa shape index (κ3) is 2.69. The lowest BCUT2D eigenvalue weighted by molar-refractivity contribution is -0.141. The Kier molecular flexibility index (Phi) is 3.84. The molecule has 1 aromatic carbocycles. The second-order valence-corrected chi connectivity index (χ2v) is 4.37. The first-order valence-corrected chi connectivity index (χ1v) is 6.03. The summed E-state index contributed by atoms with van der Waals surface area (Å²) in [6.45, 7) is 1.43. The number of rotatable bonds is 4. The number of carbonyl (C=O) groups excluding carboxylic acids is 1. The fourth-order valence-corrected chi connectivity index (χ4v) is 1.64. The highest BCUT2D eigenvalue weighted by Crippen LogP contribution is 2.19. The van der Waals surface area contributed by atoms with Crippen LogP contribution in [0, 0.1) is 0 Å². The number of likely N-dealkylation sites (N-methyl/N-ethyl adjacent to an activating group) is 1. The first-order chi connectivity index (χ1) is 9.50. The van der Waals surface area contributed by atoms with Gasteiger partial charge in [0.2, 0.25) is 5.76 Å². The third-order valence-corrected chi connectivity index (χ3v) is 3.05. The van der Waals surface area contributed by atoms with Crippen LogP contribution in [-0.4, -0.2) is 40.1 Å². The quantitative estimate of drug-likeness (QED) is 0.920. The summed E-state index contributed by atoms with van der Waals surface area (Å²) in [5, 5.41) is 12.7. The lowest BCUT2D eigenvalue weighted by Gasteiger charge is -2.19. The van der Waals surface area contributed by atoms with Gasteiger partial charge in [0.15, 0.2) is 0 Å². The van der Waals surface area contributed by atoms with Crippen molar-refractivity contribution >= 4 is 11.9 Å². The molecule has 2 aromatic rings. The van der Waals surface area contributed by atoms with Crippen LogP contribution in [0.25, 0.3) is 11.3 Å². The van der Waals surface area contributed by atoms with Gasteiger partial charge in [-0.15, -0.1) is 0 Å². The maximum Gasteiger partial charge on any atom is 0.326 e. The van der Waals surface area contributed by atoms with E-state index in [0.717, 1.165) is 10.5 Å². The molecule has 1 unspecified atom stereocenters. The van der Waals surface area contributed by atoms with Crippen molar-refractivity contribution in [2.75, 3.05) is 7.05 Å². The van der Waals surface area contributed by atoms with E-state index < -0.39 is 17.9 Å². The van der Waals surface area contributed by atoms with Gasteiger partial charge in [-0.2, -0.15) is 0 Å². The highest BCUT2D eigenvalue weighted by atomic mass is 16.5. The molecule has 2 rings (SSSR count). The van der Waals surface area contributed by atoms with E-state index in [0.29, 0.717) is 5.69 Å². The Labute approximate surface area is 115 Å². The second-order valence-electron chi connectivity index (χ2n) is 4.37. The van der Waals surface area contributed by atoms with Gasteiger partial charge in [-0.3, -0.25) is 4.79 Å². The van der Waals surface area contributed by atoms with Gasteiger partial charge in [-0.1, -0.05) is 35.5 Å². The largest absolute Gasteiger partial charge is 0.480 e. The number of aromatic nitrogens is 1. The normalized spacial score (nSPS) is 11.9. The number of hydrogen-bond acceptors (Lipinski definition) is 4. The molecule has 20 heavy (non-hydrogen) atoms. The van der Waals surface area contributed by atoms with E-state index in [-0.39, 0.29) is 5.76 Å². The molecule has 0 aliphatic carbocycles. The van der Waals surface area contributed by atoms with Gasteiger partial charge >= 0.3 is 5.97 Å². The first kappa shape index (κ1) is 13.8. The average Bonchev–Trinajstić information content (AvgIpc) is 2.95. The molecule has 1 amide bonds. The molecule has 104 valence electrons. The van der Waals surface area contributed by atoms with Gasteiger partial charge in [-0.25, -0.2) is 4.79 Å². The van der Waals surface area contributed by atoms with E-state index in [1.54, 1.807) is 0 Å². The molecule has 1 N–H and O–H groups in total. The zero-order valence-corrected chi connectivity index (χ0v) is 11.1. The summed E-state index contributed by atoms with van der Waals surface area (Å²) >= 11 is 0. The van der Waals surface area contributed by atoms with Crippen LogP contribution in [0.3, 0.4) is 0 Å². The first-order valence-electron chi connectivity index (χ1n) is 6.03. The van der Waals surface area contributed by atoms with Crippen LogP contribution in [0.1, 0.15) is 17.5 Å². The zero-order valence-electron chi connectivity index (χ0n) is 11.1. The highest BCUT2D eigenvalue weighted by Gasteiger charge is 2.25. The van der Waals surface area contributed by atoms with E-state index in [1.807, 2.05) is 30.3 Å². The van der Waals surface area contributed by atoms with Crippen LogP contribution in [0.2, 0.25) is 0 Å². The van der Waals surface area contributed by atoms with Gasteiger partial charge in [0.25, 0.3) is 5.91 Å². The predicted octanol–water partition coefficient (Wildman–Crippen LogP) is 1.89. The summed E-state index contributed by atoms with van der Waals surface area (Å²) in [7, 11) is 1.41. The Balaban J connectivity index is 2.21. The van der Waals surface area contributed by atoms with E-state index in [1.165, 1.54) is 20.0 Å². The smallest absolute Gasteiger partial charge is 0.326 e. The van der Waals surface area contributed by atoms with E-state index in [2.05, 4.69) is 5.16 Å². The van der Waals surface area contributed by atoms with Crippen molar-refractivity contribution in [2.24, 2.45) is 0 Å². The lowest BCUT2D eigenvalue weighted by atomic mass is 10.1. The number of hydrogen-bond donors (Lipinski definition) is 1. The van der Waals surface area contributed by atoms with Crippen molar-refractivity contribution < 1.29 is 19.2 Å². The van der Waals surface area contributed by atoms with Crippen LogP contribution < -0.4 is 0 Å². The van der Waals surface area contributed by atoms with Crippen molar-refractivity contribution in [3.05, 3.63) is 42.2 Å². The summed E-state index contributed by atoms with van der Waals surface area (Å²) < 4.78 is 5.00. The van der Waals surface area contributed by atoms with Crippen LogP contribution in [0.5, 0.6) is 0 Å². The Morgan fingerprint density at radius 1 is 1.30 bits per heavy atom. The second kappa shape index (κ2) is 5.56. The minimum absolute atomic E-state index is 0.0134. The highest BCUT2D eigenvalue weighted by molar-refractivity contribution is 5.94. The van der Waals surface area contributed by atoms with Crippen LogP contribution in [-0.2, 0) is 4.79 Å². The number of amides is 1. The van der Waals surface area contributed by atoms with Gasteiger partial charge < -0.3 is 14.5 Å². The SMILES string of the molecule is CC(C(=O)O)N(C)C(=O)c1cc(-c2ccccc2)no1. The Morgan fingerprint density at radius 3 is 2.55 bits per heavy atom. The molecule has 1 heterocycles. The molecule has 0 radical (unpaired) electrons. The van der Waals surface area contributed by atoms with Crippen molar-refractivity contribution in [1.82, 2.24) is 10.1 Å². The number of carboxylic acids is 1. The molecule has 6 heteroatoms. The van der Waals surface area contributed by atoms with Gasteiger partial charge in [-0.05, 0) is 6.92 Å². The molecule has 0 aliphatic heterocycles.